The van der Waals surface area contributed by atoms with Crippen LogP contribution in [0.25, 0.3) is 11.8 Å². The van der Waals surface area contributed by atoms with Crippen molar-refractivity contribution in [3.63, 3.8) is 0 Å². The predicted octanol–water partition coefficient (Wildman–Crippen LogP) is 4.80. The summed E-state index contributed by atoms with van der Waals surface area (Å²) in [5.74, 6) is 0.252. The third-order valence-corrected chi connectivity index (χ3v) is 5.81. The Morgan fingerprint density at radius 1 is 0.857 bits per heavy atom. The lowest BCUT2D eigenvalue weighted by Gasteiger charge is -2.29. The van der Waals surface area contributed by atoms with Crippen molar-refractivity contribution in [3.05, 3.63) is 108 Å². The molecule has 0 unspecified atom stereocenters. The van der Waals surface area contributed by atoms with Gasteiger partial charge < -0.3 is 4.74 Å². The first-order chi connectivity index (χ1) is 17.0. The van der Waals surface area contributed by atoms with Crippen LogP contribution in [0.5, 0.6) is 11.5 Å². The van der Waals surface area contributed by atoms with E-state index in [-0.39, 0.29) is 10.7 Å². The summed E-state index contributed by atoms with van der Waals surface area (Å²) in [6.45, 7) is 1.88. The number of nitrogens with one attached hydrogen (secondary N) is 1. The summed E-state index contributed by atoms with van der Waals surface area (Å²) in [5, 5.41) is 7.04. The Balaban J connectivity index is 1.42. The number of amides is 2. The molecule has 35 heavy (non-hydrogen) atoms. The fourth-order valence-electron chi connectivity index (χ4n) is 3.73. The molecular weight excluding hydrogens is 460 g/mol. The van der Waals surface area contributed by atoms with E-state index in [9.17, 15) is 9.59 Å². The van der Waals surface area contributed by atoms with Crippen LogP contribution in [0.2, 0.25) is 0 Å². The molecule has 3 aromatic carbocycles. The van der Waals surface area contributed by atoms with Gasteiger partial charge in [-0.2, -0.15) is 5.10 Å². The summed E-state index contributed by atoms with van der Waals surface area (Å²) in [6, 6.07) is 25.9. The number of aromatic nitrogens is 2. The number of anilines is 1. The maximum absolute atomic E-state index is 13.4. The SMILES string of the molecule is Cc1c(/C=C2/C(=O)NC(=S)N(c3ccc(Oc4ccccc4)cc3)C2=O)cnn1-c1ccccc1. The van der Waals surface area contributed by atoms with Crippen molar-refractivity contribution >= 4 is 40.9 Å². The van der Waals surface area contributed by atoms with Crippen LogP contribution >= 0.6 is 12.2 Å². The molecule has 1 N–H and O–H groups in total. The zero-order chi connectivity index (χ0) is 24.4. The van der Waals surface area contributed by atoms with Gasteiger partial charge in [0.05, 0.1) is 17.6 Å². The first-order valence-electron chi connectivity index (χ1n) is 10.9. The minimum atomic E-state index is -0.549. The van der Waals surface area contributed by atoms with Crippen molar-refractivity contribution in [1.82, 2.24) is 15.1 Å². The number of carbonyl (C=O) groups excluding carboxylic acids is 2. The molecule has 5 rings (SSSR count). The van der Waals surface area contributed by atoms with E-state index in [1.165, 1.54) is 4.90 Å². The second-order valence-electron chi connectivity index (χ2n) is 7.80. The number of carbonyl (C=O) groups is 2. The third kappa shape index (κ3) is 4.47. The Morgan fingerprint density at radius 2 is 1.49 bits per heavy atom. The number of hydrogen-bond acceptors (Lipinski definition) is 5. The molecule has 0 saturated carbocycles. The molecule has 0 aliphatic carbocycles. The quantitative estimate of drug-likeness (QED) is 0.252. The van der Waals surface area contributed by atoms with Crippen molar-refractivity contribution in [2.75, 3.05) is 4.90 Å². The molecule has 172 valence electrons. The lowest BCUT2D eigenvalue weighted by atomic mass is 10.1. The highest BCUT2D eigenvalue weighted by atomic mass is 32.1. The Hall–Kier alpha value is -4.56. The molecule has 1 aliphatic rings. The summed E-state index contributed by atoms with van der Waals surface area (Å²) in [5.41, 5.74) is 2.83. The van der Waals surface area contributed by atoms with Gasteiger partial charge in [0.15, 0.2) is 5.11 Å². The normalized spacial score (nSPS) is 14.8. The summed E-state index contributed by atoms with van der Waals surface area (Å²) in [6.07, 6.45) is 3.17. The lowest BCUT2D eigenvalue weighted by molar-refractivity contribution is -0.122. The predicted molar refractivity (Wildman–Crippen MR) is 137 cm³/mol. The largest absolute Gasteiger partial charge is 0.457 e. The van der Waals surface area contributed by atoms with E-state index in [0.717, 1.165) is 11.4 Å². The number of thiocarbonyl (C=S) groups is 1. The van der Waals surface area contributed by atoms with E-state index in [1.54, 1.807) is 41.2 Å². The van der Waals surface area contributed by atoms with E-state index in [2.05, 4.69) is 10.4 Å². The van der Waals surface area contributed by atoms with Gasteiger partial charge in [0.2, 0.25) is 0 Å². The highest BCUT2D eigenvalue weighted by molar-refractivity contribution is 7.80. The highest BCUT2D eigenvalue weighted by Gasteiger charge is 2.34. The topological polar surface area (TPSA) is 76.5 Å². The van der Waals surface area contributed by atoms with Crippen LogP contribution in [0.15, 0.2) is 96.7 Å². The molecule has 0 atom stereocenters. The van der Waals surface area contributed by atoms with Crippen LogP contribution in [0.4, 0.5) is 5.69 Å². The van der Waals surface area contributed by atoms with Gasteiger partial charge in [-0.25, -0.2) is 4.68 Å². The number of nitrogens with zero attached hydrogens (tertiary/aromatic N) is 3. The number of para-hydroxylation sites is 2. The van der Waals surface area contributed by atoms with Crippen LogP contribution in [-0.2, 0) is 9.59 Å². The number of benzene rings is 3. The van der Waals surface area contributed by atoms with Crippen LogP contribution in [0.1, 0.15) is 11.3 Å². The molecule has 0 radical (unpaired) electrons. The second kappa shape index (κ2) is 9.36. The van der Waals surface area contributed by atoms with Crippen molar-refractivity contribution in [2.45, 2.75) is 6.92 Å². The zero-order valence-electron chi connectivity index (χ0n) is 18.7. The standard InChI is InChI=1S/C27H20N4O3S/c1-18-19(17-28-31(18)21-8-4-2-5-9-21)16-24-25(32)29-27(35)30(26(24)33)20-12-14-23(15-13-20)34-22-10-6-3-7-11-22/h2-17H,1H3,(H,29,32,35)/b24-16-. The monoisotopic (exact) mass is 480 g/mol. The Labute approximate surface area is 207 Å². The first-order valence-corrected chi connectivity index (χ1v) is 11.3. The van der Waals surface area contributed by atoms with Crippen molar-refractivity contribution < 1.29 is 14.3 Å². The van der Waals surface area contributed by atoms with Gasteiger partial charge in [0, 0.05) is 11.3 Å². The van der Waals surface area contributed by atoms with Crippen LogP contribution in [-0.4, -0.2) is 26.7 Å². The Morgan fingerprint density at radius 3 is 2.17 bits per heavy atom. The highest BCUT2D eigenvalue weighted by Crippen LogP contribution is 2.27. The zero-order valence-corrected chi connectivity index (χ0v) is 19.5. The average Bonchev–Trinajstić information content (AvgIpc) is 3.24. The molecule has 0 spiro atoms. The molecule has 1 fully saturated rings. The van der Waals surface area contributed by atoms with Crippen LogP contribution in [0.3, 0.4) is 0 Å². The maximum atomic E-state index is 13.4. The molecule has 2 heterocycles. The van der Waals surface area contributed by atoms with Gasteiger partial charge in [-0.05, 0) is 73.7 Å². The van der Waals surface area contributed by atoms with Gasteiger partial charge in [-0.1, -0.05) is 36.4 Å². The minimum Gasteiger partial charge on any atom is -0.457 e. The van der Waals surface area contributed by atoms with Crippen molar-refractivity contribution in [2.24, 2.45) is 0 Å². The van der Waals surface area contributed by atoms with Gasteiger partial charge in [-0.15, -0.1) is 0 Å². The third-order valence-electron chi connectivity index (χ3n) is 5.52. The Kier molecular flexibility index (Phi) is 5.95. The second-order valence-corrected chi connectivity index (χ2v) is 8.19. The smallest absolute Gasteiger partial charge is 0.270 e. The van der Waals surface area contributed by atoms with Gasteiger partial charge in [0.1, 0.15) is 17.1 Å². The molecule has 8 heteroatoms. The van der Waals surface area contributed by atoms with Crippen LogP contribution in [0, 0.1) is 6.92 Å². The average molecular weight is 481 g/mol. The molecule has 1 aliphatic heterocycles. The van der Waals surface area contributed by atoms with Crippen molar-refractivity contribution in [1.29, 1.82) is 0 Å². The summed E-state index contributed by atoms with van der Waals surface area (Å²) >= 11 is 5.31. The van der Waals surface area contributed by atoms with Crippen LogP contribution < -0.4 is 15.0 Å². The number of hydrogen-bond donors (Lipinski definition) is 1. The molecule has 7 nitrogen and oxygen atoms in total. The summed E-state index contributed by atoms with van der Waals surface area (Å²) in [7, 11) is 0. The van der Waals surface area contributed by atoms with E-state index in [4.69, 9.17) is 17.0 Å². The minimum absolute atomic E-state index is 0.0191. The fourth-order valence-corrected chi connectivity index (χ4v) is 4.01. The Bertz CT molecular complexity index is 1450. The summed E-state index contributed by atoms with van der Waals surface area (Å²) < 4.78 is 7.57. The molecular formula is C27H20N4O3S. The molecule has 2 amide bonds. The number of ether oxygens (including phenoxy) is 1. The maximum Gasteiger partial charge on any atom is 0.270 e. The lowest BCUT2D eigenvalue weighted by Crippen LogP contribution is -2.54. The van der Waals surface area contributed by atoms with E-state index < -0.39 is 11.8 Å². The number of rotatable bonds is 5. The van der Waals surface area contributed by atoms with Gasteiger partial charge in [-0.3, -0.25) is 19.8 Å². The molecule has 4 aromatic rings. The van der Waals surface area contributed by atoms with Gasteiger partial charge >= 0.3 is 0 Å². The first kappa shape index (κ1) is 22.2. The van der Waals surface area contributed by atoms with E-state index in [0.29, 0.717) is 22.7 Å². The summed E-state index contributed by atoms with van der Waals surface area (Å²) in [4.78, 5) is 27.3. The molecule has 1 aromatic heterocycles. The molecule has 1 saturated heterocycles. The van der Waals surface area contributed by atoms with Gasteiger partial charge in [0.25, 0.3) is 11.8 Å². The van der Waals surface area contributed by atoms with E-state index in [1.807, 2.05) is 67.6 Å². The van der Waals surface area contributed by atoms with E-state index >= 15 is 0 Å². The fraction of sp³-hybridized carbons (Fsp3) is 0.0370. The molecule has 0 bridgehead atoms. The van der Waals surface area contributed by atoms with Crippen molar-refractivity contribution in [3.8, 4) is 17.2 Å².